The third-order valence-corrected chi connectivity index (χ3v) is 6.12. The van der Waals surface area contributed by atoms with Crippen molar-refractivity contribution in [1.29, 1.82) is 0 Å². The lowest BCUT2D eigenvalue weighted by Gasteiger charge is -2.13. The van der Waals surface area contributed by atoms with Crippen molar-refractivity contribution in [3.8, 4) is 22.3 Å². The van der Waals surface area contributed by atoms with Crippen molar-refractivity contribution in [1.82, 2.24) is 0 Å². The average Bonchev–Trinajstić information content (AvgIpc) is 3.51. The van der Waals surface area contributed by atoms with Gasteiger partial charge in [0.05, 0.1) is 0 Å². The maximum atomic E-state index is 2.33. The van der Waals surface area contributed by atoms with Crippen LogP contribution in [-0.4, -0.2) is 0 Å². The zero-order valence-corrected chi connectivity index (χ0v) is 15.9. The predicted octanol–water partition coefficient (Wildman–Crippen LogP) is 7.31. The van der Waals surface area contributed by atoms with Gasteiger partial charge in [-0.2, -0.15) is 0 Å². The van der Waals surface area contributed by atoms with E-state index >= 15 is 0 Å². The molecule has 132 valence electrons. The third-order valence-electron chi connectivity index (χ3n) is 6.12. The van der Waals surface area contributed by atoms with Crippen LogP contribution in [0.3, 0.4) is 0 Å². The Morgan fingerprint density at radius 3 is 1.48 bits per heavy atom. The minimum absolute atomic E-state index is 0.759. The van der Waals surface area contributed by atoms with Gasteiger partial charge in [0, 0.05) is 0 Å². The highest BCUT2D eigenvalue weighted by atomic mass is 14.5. The van der Waals surface area contributed by atoms with Crippen LogP contribution in [0, 0.1) is 18.8 Å². The van der Waals surface area contributed by atoms with Crippen molar-refractivity contribution in [3.63, 3.8) is 0 Å². The monoisotopic (exact) mass is 348 g/mol. The fourth-order valence-electron chi connectivity index (χ4n) is 4.28. The first-order valence-corrected chi connectivity index (χ1v) is 9.85. The molecule has 0 nitrogen and oxygen atoms in total. The Kier molecular flexibility index (Phi) is 3.86. The van der Waals surface area contributed by atoms with E-state index in [4.69, 9.17) is 0 Å². The first kappa shape index (κ1) is 16.3. The average molecular weight is 348 g/mol. The molecule has 0 amide bonds. The Morgan fingerprint density at radius 1 is 0.519 bits per heavy atom. The Hall–Kier alpha value is -2.86. The molecule has 1 fully saturated rings. The summed E-state index contributed by atoms with van der Waals surface area (Å²) in [6.45, 7) is 4.39. The first-order valence-electron chi connectivity index (χ1n) is 9.85. The summed E-state index contributed by atoms with van der Waals surface area (Å²) in [6.07, 6.45) is 5.96. The lowest BCUT2D eigenvalue weighted by Crippen LogP contribution is -1.95. The molecule has 5 rings (SSSR count). The lowest BCUT2D eigenvalue weighted by atomic mass is 9.92. The minimum atomic E-state index is 0.759. The second kappa shape index (κ2) is 6.39. The number of benzene rings is 3. The van der Waals surface area contributed by atoms with Crippen LogP contribution in [0.15, 0.2) is 90.5 Å². The molecule has 0 aromatic heterocycles. The topological polar surface area (TPSA) is 0 Å². The quantitative estimate of drug-likeness (QED) is 0.465. The van der Waals surface area contributed by atoms with Gasteiger partial charge in [-0.05, 0) is 65.5 Å². The van der Waals surface area contributed by atoms with Gasteiger partial charge in [0.2, 0.25) is 0 Å². The predicted molar refractivity (Wildman–Crippen MR) is 115 cm³/mol. The largest absolute Gasteiger partial charge is 0.0696 e. The summed E-state index contributed by atoms with van der Waals surface area (Å²) < 4.78 is 0. The van der Waals surface area contributed by atoms with Crippen molar-refractivity contribution in [3.05, 3.63) is 102 Å². The molecule has 3 aromatic rings. The van der Waals surface area contributed by atoms with E-state index in [0.717, 1.165) is 11.8 Å². The molecule has 0 heterocycles. The van der Waals surface area contributed by atoms with Crippen molar-refractivity contribution in [2.45, 2.75) is 20.3 Å². The maximum Gasteiger partial charge on any atom is -0.00843 e. The molecule has 0 saturated heterocycles. The number of hydrogen-bond acceptors (Lipinski definition) is 0. The number of aryl methyl sites for hydroxylation is 1. The Labute approximate surface area is 161 Å². The van der Waals surface area contributed by atoms with Gasteiger partial charge < -0.3 is 0 Å². The van der Waals surface area contributed by atoms with Gasteiger partial charge in [-0.15, -0.1) is 0 Å². The van der Waals surface area contributed by atoms with E-state index < -0.39 is 0 Å². The van der Waals surface area contributed by atoms with E-state index in [1.165, 1.54) is 45.4 Å². The molecule has 2 aliphatic carbocycles. The van der Waals surface area contributed by atoms with Gasteiger partial charge in [0.25, 0.3) is 0 Å². The zero-order chi connectivity index (χ0) is 18.4. The van der Waals surface area contributed by atoms with Crippen LogP contribution in [0.2, 0.25) is 0 Å². The van der Waals surface area contributed by atoms with Gasteiger partial charge in [-0.3, -0.25) is 0 Å². The molecule has 2 atom stereocenters. The zero-order valence-electron chi connectivity index (χ0n) is 15.9. The molecule has 0 bridgehead atoms. The molecular formula is C27H24. The molecule has 0 spiro atoms. The summed E-state index contributed by atoms with van der Waals surface area (Å²) in [5.41, 5.74) is 10.8. The third kappa shape index (κ3) is 3.06. The minimum Gasteiger partial charge on any atom is -0.0696 e. The van der Waals surface area contributed by atoms with Crippen molar-refractivity contribution < 1.29 is 0 Å². The molecule has 0 heteroatoms. The first-order chi connectivity index (χ1) is 13.2. The number of fused-ring (bicyclic) bond motifs is 1. The van der Waals surface area contributed by atoms with Gasteiger partial charge in [0.1, 0.15) is 0 Å². The van der Waals surface area contributed by atoms with Crippen molar-refractivity contribution in [2.24, 2.45) is 11.8 Å². The Morgan fingerprint density at radius 2 is 0.963 bits per heavy atom. The van der Waals surface area contributed by atoms with Crippen LogP contribution in [-0.2, 0) is 0 Å². The highest BCUT2D eigenvalue weighted by molar-refractivity contribution is 5.76. The van der Waals surface area contributed by atoms with Crippen LogP contribution in [0.5, 0.6) is 0 Å². The normalized spacial score (nSPS) is 20.5. The lowest BCUT2D eigenvalue weighted by molar-refractivity contribution is 0.923. The summed E-state index contributed by atoms with van der Waals surface area (Å²) in [4.78, 5) is 0. The van der Waals surface area contributed by atoms with E-state index in [2.05, 4.69) is 98.8 Å². The van der Waals surface area contributed by atoms with Crippen LogP contribution >= 0.6 is 0 Å². The van der Waals surface area contributed by atoms with E-state index in [1.807, 2.05) is 0 Å². The number of allylic oxidation sites excluding steroid dienone is 4. The standard InChI is InChI=1S/C27H24/c1-18-3-6-20(7-4-18)21-8-10-22(11-9-21)23-12-14-24(15-13-23)25-16-5-19(2)26-17-27(25)26/h3-16,26-27H,17H2,1-2H3. The van der Waals surface area contributed by atoms with Crippen molar-refractivity contribution >= 4 is 5.57 Å². The summed E-state index contributed by atoms with van der Waals surface area (Å²) in [5.74, 6) is 1.56. The van der Waals surface area contributed by atoms with Gasteiger partial charge in [-0.25, -0.2) is 0 Å². The van der Waals surface area contributed by atoms with E-state index in [9.17, 15) is 0 Å². The fourth-order valence-corrected chi connectivity index (χ4v) is 4.28. The van der Waals surface area contributed by atoms with Crippen LogP contribution < -0.4 is 0 Å². The second-order valence-corrected chi connectivity index (χ2v) is 8.00. The molecule has 1 saturated carbocycles. The van der Waals surface area contributed by atoms with E-state index in [0.29, 0.717) is 0 Å². The van der Waals surface area contributed by atoms with Gasteiger partial charge in [0.15, 0.2) is 0 Å². The highest BCUT2D eigenvalue weighted by Gasteiger charge is 2.42. The smallest absolute Gasteiger partial charge is 0.00843 e. The van der Waals surface area contributed by atoms with Gasteiger partial charge in [-0.1, -0.05) is 96.1 Å². The van der Waals surface area contributed by atoms with E-state index in [1.54, 1.807) is 5.57 Å². The Bertz CT molecular complexity index is 1030. The molecule has 0 N–H and O–H groups in total. The summed E-state index contributed by atoms with van der Waals surface area (Å²) in [6, 6.07) is 26.7. The molecule has 2 aliphatic rings. The second-order valence-electron chi connectivity index (χ2n) is 8.00. The Balaban J connectivity index is 1.38. The van der Waals surface area contributed by atoms with Crippen LogP contribution in [0.4, 0.5) is 0 Å². The highest BCUT2D eigenvalue weighted by Crippen LogP contribution is 2.54. The molecule has 0 radical (unpaired) electrons. The summed E-state index contributed by atoms with van der Waals surface area (Å²) in [5, 5.41) is 0. The maximum absolute atomic E-state index is 2.33. The molecule has 2 unspecified atom stereocenters. The molecular weight excluding hydrogens is 324 g/mol. The fraction of sp³-hybridized carbons (Fsp3) is 0.185. The summed E-state index contributed by atoms with van der Waals surface area (Å²) >= 11 is 0. The van der Waals surface area contributed by atoms with Crippen molar-refractivity contribution in [2.75, 3.05) is 0 Å². The molecule has 27 heavy (non-hydrogen) atoms. The number of rotatable bonds is 3. The van der Waals surface area contributed by atoms with Crippen LogP contribution in [0.25, 0.3) is 27.8 Å². The van der Waals surface area contributed by atoms with Gasteiger partial charge >= 0.3 is 0 Å². The SMILES string of the molecule is CC1=CC=C(c2ccc(-c3ccc(-c4ccc(C)cc4)cc3)cc2)C2CC12. The van der Waals surface area contributed by atoms with E-state index in [-0.39, 0.29) is 0 Å². The summed E-state index contributed by atoms with van der Waals surface area (Å²) in [7, 11) is 0. The molecule has 3 aromatic carbocycles. The number of hydrogen-bond donors (Lipinski definition) is 0. The van der Waals surface area contributed by atoms with Crippen LogP contribution in [0.1, 0.15) is 24.5 Å². The molecule has 0 aliphatic heterocycles.